The molecule has 0 bridgehead atoms. The molecule has 3 heterocycles. The van der Waals surface area contributed by atoms with Gasteiger partial charge < -0.3 is 35.8 Å². The lowest BCUT2D eigenvalue weighted by Crippen LogP contribution is -2.57. The summed E-state index contributed by atoms with van der Waals surface area (Å²) in [4.78, 5) is 82.0. The predicted molar refractivity (Wildman–Crippen MR) is 160 cm³/mol. The van der Waals surface area contributed by atoms with Crippen LogP contribution in [0.3, 0.4) is 0 Å². The van der Waals surface area contributed by atoms with Gasteiger partial charge in [0.2, 0.25) is 29.5 Å². The van der Waals surface area contributed by atoms with Gasteiger partial charge in [0.25, 0.3) is 5.91 Å². The number of nitrogens with one attached hydrogen (secondary N) is 4. The minimum Gasteiger partial charge on any atom is -0.491 e. The Morgan fingerprint density at radius 3 is 2.50 bits per heavy atom. The van der Waals surface area contributed by atoms with E-state index in [0.717, 1.165) is 6.42 Å². The summed E-state index contributed by atoms with van der Waals surface area (Å²) in [5.74, 6) is -2.29. The van der Waals surface area contributed by atoms with Crippen LogP contribution in [0.1, 0.15) is 69.7 Å². The Morgan fingerprint density at radius 2 is 1.77 bits per heavy atom. The first-order valence-electron chi connectivity index (χ1n) is 15.5. The summed E-state index contributed by atoms with van der Waals surface area (Å²) in [5.41, 5.74) is 0.170. The molecule has 2 saturated heterocycles. The van der Waals surface area contributed by atoms with Crippen molar-refractivity contribution in [2.75, 3.05) is 32.8 Å². The molecule has 4 N–H and O–H groups in total. The van der Waals surface area contributed by atoms with E-state index in [1.54, 1.807) is 36.1 Å². The van der Waals surface area contributed by atoms with Crippen LogP contribution >= 0.6 is 0 Å². The quantitative estimate of drug-likeness (QED) is 0.336. The molecule has 13 heteroatoms. The number of amides is 6. The maximum Gasteiger partial charge on any atom is 0.255 e. The second-order valence-electron chi connectivity index (χ2n) is 12.1. The van der Waals surface area contributed by atoms with E-state index in [4.69, 9.17) is 4.74 Å². The summed E-state index contributed by atoms with van der Waals surface area (Å²) in [6.07, 6.45) is 2.53. The van der Waals surface area contributed by atoms with Crippen LogP contribution in [0.5, 0.6) is 5.75 Å². The molecule has 0 aromatic heterocycles. The molecule has 44 heavy (non-hydrogen) atoms. The number of carbonyl (C=O) groups is 6. The third-order valence-electron chi connectivity index (χ3n) is 8.21. The van der Waals surface area contributed by atoms with Crippen LogP contribution in [-0.2, 0) is 24.0 Å². The molecule has 1 aromatic rings. The molecule has 3 aliphatic heterocycles. The molecule has 2 fully saturated rings. The van der Waals surface area contributed by atoms with Gasteiger partial charge in [0.1, 0.15) is 30.5 Å². The maximum absolute atomic E-state index is 13.6. The molecular formula is C31H44N6O7. The summed E-state index contributed by atoms with van der Waals surface area (Å²) in [6, 6.07) is 3.23. The molecule has 4 atom stereocenters. The van der Waals surface area contributed by atoms with Gasteiger partial charge in [-0.1, -0.05) is 26.0 Å². The average molecular weight is 613 g/mol. The van der Waals surface area contributed by atoms with Crippen molar-refractivity contribution in [1.82, 2.24) is 31.1 Å². The molecule has 1 aromatic carbocycles. The number of hydrogen-bond donors (Lipinski definition) is 4. The highest BCUT2D eigenvalue weighted by Crippen LogP contribution is 2.22. The van der Waals surface area contributed by atoms with Crippen LogP contribution in [0.2, 0.25) is 0 Å². The predicted octanol–water partition coefficient (Wildman–Crippen LogP) is 0.333. The van der Waals surface area contributed by atoms with E-state index < -0.39 is 47.8 Å². The highest BCUT2D eigenvalue weighted by molar-refractivity contribution is 6.01. The number of rotatable bonds is 6. The minimum atomic E-state index is -1.22. The second kappa shape index (κ2) is 15.0. The van der Waals surface area contributed by atoms with E-state index in [9.17, 15) is 28.8 Å². The van der Waals surface area contributed by atoms with Crippen LogP contribution in [-0.4, -0.2) is 102 Å². The van der Waals surface area contributed by atoms with Crippen molar-refractivity contribution in [2.45, 2.75) is 83.5 Å². The molecular weight excluding hydrogens is 568 g/mol. The highest BCUT2D eigenvalue weighted by Gasteiger charge is 2.38. The van der Waals surface area contributed by atoms with Crippen molar-refractivity contribution in [3.8, 4) is 5.75 Å². The van der Waals surface area contributed by atoms with E-state index in [1.807, 2.05) is 13.8 Å². The summed E-state index contributed by atoms with van der Waals surface area (Å²) in [5, 5.41) is 11.2. The van der Waals surface area contributed by atoms with Gasteiger partial charge in [-0.2, -0.15) is 0 Å². The number of hydrogen-bond acceptors (Lipinski definition) is 7. The Labute approximate surface area is 257 Å². The monoisotopic (exact) mass is 612 g/mol. The zero-order chi connectivity index (χ0) is 31.8. The second-order valence-corrected chi connectivity index (χ2v) is 12.1. The first-order chi connectivity index (χ1) is 21.0. The van der Waals surface area contributed by atoms with Crippen LogP contribution in [0.4, 0.5) is 0 Å². The van der Waals surface area contributed by atoms with Gasteiger partial charge in [-0.05, 0) is 50.7 Å². The molecule has 0 unspecified atom stereocenters. The number of fused-ring (bicyclic) bond motifs is 2. The molecule has 240 valence electrons. The lowest BCUT2D eigenvalue weighted by molar-refractivity contribution is -0.141. The van der Waals surface area contributed by atoms with E-state index >= 15 is 0 Å². The molecule has 6 amide bonds. The van der Waals surface area contributed by atoms with Crippen molar-refractivity contribution < 1.29 is 33.5 Å². The Bertz CT molecular complexity index is 1250. The zero-order valence-corrected chi connectivity index (χ0v) is 25.7. The lowest BCUT2D eigenvalue weighted by Gasteiger charge is -2.29. The van der Waals surface area contributed by atoms with Gasteiger partial charge in [-0.15, -0.1) is 0 Å². The summed E-state index contributed by atoms with van der Waals surface area (Å²) >= 11 is 0. The summed E-state index contributed by atoms with van der Waals surface area (Å²) < 4.78 is 5.90. The lowest BCUT2D eigenvalue weighted by atomic mass is 10.0. The fourth-order valence-electron chi connectivity index (χ4n) is 5.77. The zero-order valence-electron chi connectivity index (χ0n) is 25.7. The Morgan fingerprint density at radius 1 is 1.00 bits per heavy atom. The largest absolute Gasteiger partial charge is 0.491 e. The van der Waals surface area contributed by atoms with Gasteiger partial charge >= 0.3 is 0 Å². The third kappa shape index (κ3) is 8.26. The van der Waals surface area contributed by atoms with Crippen molar-refractivity contribution in [2.24, 2.45) is 5.92 Å². The van der Waals surface area contributed by atoms with Crippen LogP contribution in [0.25, 0.3) is 0 Å². The minimum absolute atomic E-state index is 0.0487. The van der Waals surface area contributed by atoms with E-state index in [0.29, 0.717) is 45.3 Å². The van der Waals surface area contributed by atoms with Gasteiger partial charge in [-0.25, -0.2) is 0 Å². The number of nitrogens with zero attached hydrogens (tertiary/aromatic N) is 2. The van der Waals surface area contributed by atoms with Crippen molar-refractivity contribution in [1.29, 1.82) is 0 Å². The number of para-hydroxylation sites is 1. The summed E-state index contributed by atoms with van der Waals surface area (Å²) in [7, 11) is 0. The number of likely N-dealkylation sites (tertiary alicyclic amines) is 1. The van der Waals surface area contributed by atoms with Gasteiger partial charge in [0.15, 0.2) is 0 Å². The fraction of sp³-hybridized carbons (Fsp3) is 0.613. The topological polar surface area (TPSA) is 166 Å². The average Bonchev–Trinajstić information content (AvgIpc) is 3.65. The highest BCUT2D eigenvalue weighted by atomic mass is 16.5. The SMILES string of the molecule is CC(C)[C@H]1NC(=O)[C@@H]2CCCN2C(=O)C[C@@H](C(=O)NCCCN2CCCC2=O)NC(=O)c2ccccc2OC[C@H](C)NC1=O. The fourth-order valence-corrected chi connectivity index (χ4v) is 5.77. The van der Waals surface area contributed by atoms with Crippen LogP contribution in [0.15, 0.2) is 24.3 Å². The molecule has 4 rings (SSSR count). The first-order valence-corrected chi connectivity index (χ1v) is 15.5. The van der Waals surface area contributed by atoms with Crippen molar-refractivity contribution in [3.63, 3.8) is 0 Å². The number of carbonyl (C=O) groups excluding carboxylic acids is 6. The Kier molecular flexibility index (Phi) is 11.2. The number of ether oxygens (including phenoxy) is 1. The van der Waals surface area contributed by atoms with E-state index in [-0.39, 0.29) is 48.6 Å². The third-order valence-corrected chi connectivity index (χ3v) is 8.21. The van der Waals surface area contributed by atoms with Crippen molar-refractivity contribution >= 4 is 35.4 Å². The molecule has 3 aliphatic rings. The standard InChI is InChI=1S/C31H44N6O7/c1-19(2)27-31(43)33-20(3)18-44-24-11-5-4-9-21(24)28(40)34-22(17-26(39)37-16-6-10-23(37)30(42)35-27)29(41)32-13-8-15-36-14-7-12-25(36)38/h4-5,9,11,19-20,22-23,27H,6-8,10,12-18H2,1-3H3,(H,32,41)(H,33,43)(H,34,40)(H,35,42)/t20-,22-,23-,27+/m0/s1. The van der Waals surface area contributed by atoms with Crippen molar-refractivity contribution in [3.05, 3.63) is 29.8 Å². The maximum atomic E-state index is 13.6. The molecule has 13 nitrogen and oxygen atoms in total. The van der Waals surface area contributed by atoms with Crippen LogP contribution in [0, 0.1) is 5.92 Å². The number of benzene rings is 1. The van der Waals surface area contributed by atoms with E-state index in [2.05, 4.69) is 21.3 Å². The molecule has 0 saturated carbocycles. The molecule has 0 aliphatic carbocycles. The van der Waals surface area contributed by atoms with Gasteiger partial charge in [0, 0.05) is 32.6 Å². The summed E-state index contributed by atoms with van der Waals surface area (Å²) in [6.45, 7) is 7.24. The Hall–Kier alpha value is -4.16. The first kappa shape index (κ1) is 32.7. The Balaban J connectivity index is 1.56. The van der Waals surface area contributed by atoms with Gasteiger partial charge in [0.05, 0.1) is 18.0 Å². The van der Waals surface area contributed by atoms with E-state index in [1.165, 1.54) is 4.90 Å². The molecule has 0 spiro atoms. The normalized spacial score (nSPS) is 25.4. The van der Waals surface area contributed by atoms with Gasteiger partial charge in [-0.3, -0.25) is 28.8 Å². The van der Waals surface area contributed by atoms with Crippen LogP contribution < -0.4 is 26.0 Å². The smallest absolute Gasteiger partial charge is 0.255 e. The molecule has 0 radical (unpaired) electrons.